The predicted molar refractivity (Wildman–Crippen MR) is 102 cm³/mol. The molecule has 0 aliphatic carbocycles. The van der Waals surface area contributed by atoms with Crippen LogP contribution in [0.3, 0.4) is 0 Å². The summed E-state index contributed by atoms with van der Waals surface area (Å²) in [5, 5.41) is 0. The molecule has 0 fully saturated rings. The van der Waals surface area contributed by atoms with E-state index in [1.165, 1.54) is 0 Å². The van der Waals surface area contributed by atoms with Crippen LogP contribution in [0.15, 0.2) is 12.2 Å². The first-order chi connectivity index (χ1) is 11.4. The van der Waals surface area contributed by atoms with Gasteiger partial charge >= 0.3 is 5.97 Å². The van der Waals surface area contributed by atoms with Gasteiger partial charge in [-0.1, -0.05) is 6.58 Å². The van der Waals surface area contributed by atoms with Crippen molar-refractivity contribution in [3.63, 3.8) is 0 Å². The molecule has 1 amide bonds. The fourth-order valence-corrected chi connectivity index (χ4v) is 2.29. The summed E-state index contributed by atoms with van der Waals surface area (Å²) >= 11 is 0. The third kappa shape index (κ3) is 10.9. The summed E-state index contributed by atoms with van der Waals surface area (Å²) in [7, 11) is 8.60. The normalized spacial score (nSPS) is 12.0. The Labute approximate surface area is 154 Å². The molecule has 0 unspecified atom stereocenters. The number of hydrogen-bond donors (Lipinski definition) is 0. The molecule has 0 aromatic rings. The lowest BCUT2D eigenvalue weighted by molar-refractivity contribution is -0.890. The van der Waals surface area contributed by atoms with Crippen LogP contribution in [0, 0.1) is 0 Å². The molecule has 0 aliphatic heterocycles. The average Bonchev–Trinajstić information content (AvgIpc) is 2.49. The number of amides is 1. The number of rotatable bonds is 12. The highest BCUT2D eigenvalue weighted by molar-refractivity contribution is 5.86. The van der Waals surface area contributed by atoms with Crippen LogP contribution < -0.4 is 0 Å². The number of quaternary nitrogens is 2. The number of likely N-dealkylation sites (N-methyl/N-ethyl adjacent to an activating group) is 1. The van der Waals surface area contributed by atoms with Crippen molar-refractivity contribution >= 4 is 11.9 Å². The van der Waals surface area contributed by atoms with Gasteiger partial charge < -0.3 is 18.6 Å². The molecule has 146 valence electrons. The molecule has 0 aromatic heterocycles. The standard InChI is InChI=1S/C19H39N3O3/c1-9-21(5,6)13-10-11-20(18(4)23)12-14-22(7,8)15-16-25-19(24)17(2)3/h2,9-16H2,1,3-8H3/q+2. The average molecular weight is 358 g/mol. The van der Waals surface area contributed by atoms with Crippen molar-refractivity contribution in [1.29, 1.82) is 0 Å². The molecule has 0 saturated carbocycles. The van der Waals surface area contributed by atoms with Crippen LogP contribution in [-0.2, 0) is 14.3 Å². The highest BCUT2D eigenvalue weighted by Gasteiger charge is 2.20. The Morgan fingerprint density at radius 3 is 2.04 bits per heavy atom. The molecule has 0 aromatic carbocycles. The zero-order valence-electron chi connectivity index (χ0n) is 17.4. The van der Waals surface area contributed by atoms with Gasteiger partial charge in [-0.3, -0.25) is 4.79 Å². The second kappa shape index (κ2) is 10.6. The fraction of sp³-hybridized carbons (Fsp3) is 0.789. The van der Waals surface area contributed by atoms with Gasteiger partial charge in [0.1, 0.15) is 13.2 Å². The summed E-state index contributed by atoms with van der Waals surface area (Å²) in [4.78, 5) is 25.3. The molecule has 0 bridgehead atoms. The molecule has 6 nitrogen and oxygen atoms in total. The van der Waals surface area contributed by atoms with Crippen molar-refractivity contribution in [3.05, 3.63) is 12.2 Å². The molecule has 0 N–H and O–H groups in total. The second-order valence-electron chi connectivity index (χ2n) is 8.13. The van der Waals surface area contributed by atoms with E-state index in [0.29, 0.717) is 23.2 Å². The van der Waals surface area contributed by atoms with E-state index >= 15 is 0 Å². The van der Waals surface area contributed by atoms with E-state index in [9.17, 15) is 9.59 Å². The Kier molecular flexibility index (Phi) is 9.97. The van der Waals surface area contributed by atoms with Crippen LogP contribution in [0.2, 0.25) is 0 Å². The summed E-state index contributed by atoms with van der Waals surface area (Å²) in [6, 6.07) is 0. The molecule has 0 saturated heterocycles. The Hall–Kier alpha value is -1.40. The van der Waals surface area contributed by atoms with Gasteiger partial charge in [0.2, 0.25) is 5.91 Å². The van der Waals surface area contributed by atoms with E-state index in [1.807, 2.05) is 4.90 Å². The minimum absolute atomic E-state index is 0.121. The zero-order chi connectivity index (χ0) is 19.7. The lowest BCUT2D eigenvalue weighted by atomic mass is 10.3. The van der Waals surface area contributed by atoms with Gasteiger partial charge in [0.25, 0.3) is 0 Å². The lowest BCUT2D eigenvalue weighted by Crippen LogP contribution is -2.49. The summed E-state index contributed by atoms with van der Waals surface area (Å²) in [6.07, 6.45) is 1.00. The molecule has 0 aliphatic rings. The molecule has 0 rings (SSSR count). The number of ether oxygens (including phenoxy) is 1. The van der Waals surface area contributed by atoms with Gasteiger partial charge in [0, 0.05) is 25.5 Å². The maximum Gasteiger partial charge on any atom is 0.333 e. The zero-order valence-corrected chi connectivity index (χ0v) is 17.4. The van der Waals surface area contributed by atoms with Crippen molar-refractivity contribution in [3.8, 4) is 0 Å². The molecule has 0 spiro atoms. The molecular weight excluding hydrogens is 318 g/mol. The third-order valence-electron chi connectivity index (χ3n) is 4.75. The van der Waals surface area contributed by atoms with E-state index in [4.69, 9.17) is 4.74 Å². The number of esters is 1. The van der Waals surface area contributed by atoms with Gasteiger partial charge in [0.15, 0.2) is 0 Å². The van der Waals surface area contributed by atoms with E-state index in [-0.39, 0.29) is 11.9 Å². The van der Waals surface area contributed by atoms with Crippen LogP contribution >= 0.6 is 0 Å². The fourth-order valence-electron chi connectivity index (χ4n) is 2.29. The first-order valence-corrected chi connectivity index (χ1v) is 9.12. The van der Waals surface area contributed by atoms with Gasteiger partial charge in [-0.15, -0.1) is 0 Å². The minimum Gasteiger partial charge on any atom is -0.456 e. The van der Waals surface area contributed by atoms with Gasteiger partial charge in [-0.05, 0) is 13.8 Å². The highest BCUT2D eigenvalue weighted by atomic mass is 16.5. The number of hydrogen-bond acceptors (Lipinski definition) is 3. The summed E-state index contributed by atoms with van der Waals surface area (Å²) < 4.78 is 6.84. The van der Waals surface area contributed by atoms with Gasteiger partial charge in [-0.25, -0.2) is 4.79 Å². The molecule has 0 heterocycles. The Balaban J connectivity index is 4.32. The van der Waals surface area contributed by atoms with Crippen LogP contribution in [0.5, 0.6) is 0 Å². The van der Waals surface area contributed by atoms with E-state index in [2.05, 4.69) is 41.7 Å². The van der Waals surface area contributed by atoms with Crippen molar-refractivity contribution < 1.29 is 23.3 Å². The summed E-state index contributed by atoms with van der Waals surface area (Å²) in [5.41, 5.74) is 0.418. The molecule has 0 atom stereocenters. The van der Waals surface area contributed by atoms with Crippen LogP contribution in [0.4, 0.5) is 0 Å². The highest BCUT2D eigenvalue weighted by Crippen LogP contribution is 2.04. The number of carbonyl (C=O) groups is 2. The monoisotopic (exact) mass is 357 g/mol. The topological polar surface area (TPSA) is 46.6 Å². The van der Waals surface area contributed by atoms with E-state index in [0.717, 1.165) is 43.6 Å². The van der Waals surface area contributed by atoms with Crippen LogP contribution in [-0.4, -0.2) is 99.8 Å². The van der Waals surface area contributed by atoms with Crippen LogP contribution in [0.25, 0.3) is 0 Å². The van der Waals surface area contributed by atoms with Crippen molar-refractivity contribution in [1.82, 2.24) is 4.90 Å². The van der Waals surface area contributed by atoms with E-state index < -0.39 is 0 Å². The number of carbonyl (C=O) groups excluding carboxylic acids is 2. The van der Waals surface area contributed by atoms with Crippen molar-refractivity contribution in [2.75, 3.05) is 74.1 Å². The second-order valence-corrected chi connectivity index (χ2v) is 8.13. The van der Waals surface area contributed by atoms with Crippen molar-refractivity contribution in [2.45, 2.75) is 27.2 Å². The minimum atomic E-state index is -0.345. The third-order valence-corrected chi connectivity index (χ3v) is 4.75. The van der Waals surface area contributed by atoms with Gasteiger partial charge in [-0.2, -0.15) is 0 Å². The molecule has 6 heteroatoms. The van der Waals surface area contributed by atoms with Crippen molar-refractivity contribution in [2.24, 2.45) is 0 Å². The largest absolute Gasteiger partial charge is 0.456 e. The smallest absolute Gasteiger partial charge is 0.333 e. The first kappa shape index (κ1) is 23.6. The first-order valence-electron chi connectivity index (χ1n) is 9.12. The Morgan fingerprint density at radius 2 is 1.56 bits per heavy atom. The van der Waals surface area contributed by atoms with Gasteiger partial charge in [0.05, 0.1) is 54.4 Å². The molecular formula is C19H39N3O3+2. The predicted octanol–water partition coefficient (Wildman–Crippen LogP) is 1.52. The molecule has 0 radical (unpaired) electrons. The summed E-state index contributed by atoms with van der Waals surface area (Å²) in [6.45, 7) is 14.6. The Morgan fingerprint density at radius 1 is 0.960 bits per heavy atom. The maximum absolute atomic E-state index is 11.9. The quantitative estimate of drug-likeness (QED) is 0.302. The SMILES string of the molecule is C=C(C)C(=O)OCC[N+](C)(C)CCN(CCC[N+](C)(C)CC)C(C)=O. The number of nitrogens with zero attached hydrogens (tertiary/aromatic N) is 3. The lowest BCUT2D eigenvalue weighted by Gasteiger charge is -2.33. The molecule has 25 heavy (non-hydrogen) atoms. The maximum atomic E-state index is 11.9. The summed E-state index contributed by atoms with van der Waals surface area (Å²) in [5.74, 6) is -0.224. The van der Waals surface area contributed by atoms with Crippen LogP contribution in [0.1, 0.15) is 27.2 Å². The van der Waals surface area contributed by atoms with E-state index in [1.54, 1.807) is 13.8 Å². The Bertz CT molecular complexity index is 459.